The van der Waals surface area contributed by atoms with Gasteiger partial charge in [-0.15, -0.1) is 0 Å². The molecule has 384 valence electrons. The van der Waals surface area contributed by atoms with Crippen molar-refractivity contribution in [3.8, 4) is 0 Å². The SMILES string of the molecule is CCCC[n+]1cccc(NC(=O)c2ccc(NC(=O)C=Cc3ccc(C(=O)Nc4ccc(C(=O)Nc5ccc[n+](CCCC)c5)cc4)cc3)cc2)c1.Cc1ccc(S(=O)(=O)[O-])cc1.Cc1ccc(S(=O)(=O)[O-])cc1. The third-order valence-electron chi connectivity index (χ3n) is 10.8. The summed E-state index contributed by atoms with van der Waals surface area (Å²) < 4.78 is 66.4. The Morgan fingerprint density at radius 1 is 0.473 bits per heavy atom. The summed E-state index contributed by atoms with van der Waals surface area (Å²) in [6.45, 7) is 9.70. The lowest BCUT2D eigenvalue weighted by Crippen LogP contribution is -2.33. The zero-order valence-corrected chi connectivity index (χ0v) is 43.0. The molecule has 0 fully saturated rings. The van der Waals surface area contributed by atoms with E-state index in [1.54, 1.807) is 103 Å². The van der Waals surface area contributed by atoms with E-state index < -0.39 is 20.2 Å². The van der Waals surface area contributed by atoms with Crippen LogP contribution in [-0.4, -0.2) is 49.6 Å². The molecule has 0 saturated carbocycles. The van der Waals surface area contributed by atoms with Crippen molar-refractivity contribution in [2.45, 2.75) is 76.3 Å². The number of benzene rings is 5. The number of aryl methyl sites for hydroxylation is 4. The summed E-state index contributed by atoms with van der Waals surface area (Å²) >= 11 is 0. The standard InChI is InChI=1S/C42H42N6O4.2C7H8O3S/c1-3-5-25-47-27-7-9-37(29-47)45-41(51)33-16-20-35(21-17-33)43-39(49)24-13-31-11-14-32(15-12-31)40(50)44-36-22-18-34(19-23-36)42(52)46-38-10-8-28-48(30-38)26-6-4-2;2*1-6-2-4-7(5-3-6)11(8,9)10/h7-24,27-30H,3-6,25-26H2,1-2H3,(H2-2,43,44,45,46,49,50,51,52);2*2-5H,1H3,(H,8,9,10). The number of rotatable bonds is 17. The van der Waals surface area contributed by atoms with Crippen LogP contribution < -0.4 is 30.4 Å². The molecule has 2 heterocycles. The van der Waals surface area contributed by atoms with Gasteiger partial charge < -0.3 is 30.4 Å². The van der Waals surface area contributed by atoms with Gasteiger partial charge in [-0.25, -0.2) is 26.0 Å². The molecule has 7 aromatic rings. The molecule has 7 rings (SSSR count). The van der Waals surface area contributed by atoms with Gasteiger partial charge in [0.2, 0.25) is 5.91 Å². The second kappa shape index (κ2) is 27.6. The fraction of sp³-hybridized carbons (Fsp3) is 0.179. The first-order valence-electron chi connectivity index (χ1n) is 23.6. The Morgan fingerprint density at radius 2 is 0.824 bits per heavy atom. The molecule has 4 N–H and O–H groups in total. The number of anilines is 4. The molecule has 0 saturated heterocycles. The first-order valence-corrected chi connectivity index (χ1v) is 26.4. The fourth-order valence-corrected chi connectivity index (χ4v) is 7.62. The van der Waals surface area contributed by atoms with Gasteiger partial charge in [0, 0.05) is 59.1 Å². The van der Waals surface area contributed by atoms with Gasteiger partial charge >= 0.3 is 0 Å². The quantitative estimate of drug-likeness (QED) is 0.0383. The molecule has 0 aliphatic heterocycles. The van der Waals surface area contributed by atoms with Crippen molar-refractivity contribution < 1.29 is 54.3 Å². The predicted octanol–water partition coefficient (Wildman–Crippen LogP) is 9.07. The van der Waals surface area contributed by atoms with E-state index >= 15 is 0 Å². The van der Waals surface area contributed by atoms with Crippen LogP contribution in [0.1, 0.15) is 87.3 Å². The second-order valence-electron chi connectivity index (χ2n) is 16.9. The van der Waals surface area contributed by atoms with E-state index in [0.717, 1.165) is 55.5 Å². The molecule has 0 atom stereocenters. The second-order valence-corrected chi connectivity index (χ2v) is 19.6. The van der Waals surface area contributed by atoms with E-state index in [-0.39, 0.29) is 33.4 Å². The normalized spacial score (nSPS) is 11.0. The highest BCUT2D eigenvalue weighted by molar-refractivity contribution is 7.86. The van der Waals surface area contributed by atoms with Crippen molar-refractivity contribution in [2.75, 3.05) is 21.3 Å². The highest BCUT2D eigenvalue weighted by Crippen LogP contribution is 2.17. The molecule has 0 spiro atoms. The molecular weight excluding hydrogens is 981 g/mol. The van der Waals surface area contributed by atoms with Crippen LogP contribution >= 0.6 is 0 Å². The zero-order valence-electron chi connectivity index (χ0n) is 41.4. The largest absolute Gasteiger partial charge is 0.744 e. The van der Waals surface area contributed by atoms with Gasteiger partial charge in [-0.05, 0) is 123 Å². The first kappa shape index (κ1) is 56.8. The number of nitrogens with zero attached hydrogens (tertiary/aromatic N) is 2. The van der Waals surface area contributed by atoms with Crippen LogP contribution in [-0.2, 0) is 38.1 Å². The van der Waals surface area contributed by atoms with E-state index in [0.29, 0.717) is 39.4 Å². The first-order chi connectivity index (χ1) is 35.3. The average Bonchev–Trinajstić information content (AvgIpc) is 3.37. The average molecular weight is 1040 g/mol. The van der Waals surface area contributed by atoms with Crippen molar-refractivity contribution in [2.24, 2.45) is 0 Å². The molecule has 18 heteroatoms. The molecule has 0 bridgehead atoms. The van der Waals surface area contributed by atoms with Crippen molar-refractivity contribution >= 4 is 72.7 Å². The van der Waals surface area contributed by atoms with Crippen LogP contribution in [0.15, 0.2) is 186 Å². The van der Waals surface area contributed by atoms with Gasteiger partial charge in [0.05, 0.1) is 9.79 Å². The minimum absolute atomic E-state index is 0.178. The Bertz CT molecular complexity index is 3190. The van der Waals surface area contributed by atoms with Crippen molar-refractivity contribution in [3.63, 3.8) is 0 Å². The number of hydrogen-bond donors (Lipinski definition) is 4. The molecule has 4 amide bonds. The minimum Gasteiger partial charge on any atom is -0.744 e. The number of amides is 4. The Hall–Kier alpha value is -8.16. The third kappa shape index (κ3) is 19.1. The van der Waals surface area contributed by atoms with Crippen molar-refractivity contribution in [1.82, 2.24) is 0 Å². The maximum atomic E-state index is 12.9. The van der Waals surface area contributed by atoms with Gasteiger partial charge in [0.1, 0.15) is 44.7 Å². The molecule has 74 heavy (non-hydrogen) atoms. The van der Waals surface area contributed by atoms with Crippen LogP contribution in [0.5, 0.6) is 0 Å². The number of pyridine rings is 2. The molecular formula is C56H58N6O10S2. The number of nitrogens with one attached hydrogen (secondary N) is 4. The monoisotopic (exact) mass is 1040 g/mol. The Kier molecular flexibility index (Phi) is 21.2. The molecule has 0 aliphatic carbocycles. The summed E-state index contributed by atoms with van der Waals surface area (Å²) in [4.78, 5) is 50.6. The predicted molar refractivity (Wildman–Crippen MR) is 282 cm³/mol. The maximum absolute atomic E-state index is 12.9. The Morgan fingerprint density at radius 3 is 1.19 bits per heavy atom. The zero-order chi connectivity index (χ0) is 53.7. The van der Waals surface area contributed by atoms with Crippen molar-refractivity contribution in [3.05, 3.63) is 210 Å². The van der Waals surface area contributed by atoms with Crippen LogP contribution in [0.25, 0.3) is 6.08 Å². The van der Waals surface area contributed by atoms with Gasteiger partial charge in [-0.3, -0.25) is 19.2 Å². The van der Waals surface area contributed by atoms with Crippen molar-refractivity contribution in [1.29, 1.82) is 0 Å². The number of aromatic nitrogens is 2. The van der Waals surface area contributed by atoms with Gasteiger partial charge in [-0.1, -0.05) is 74.2 Å². The molecule has 0 radical (unpaired) electrons. The van der Waals surface area contributed by atoms with E-state index in [1.807, 2.05) is 62.9 Å². The fourth-order valence-electron chi connectivity index (χ4n) is 6.68. The Labute approximate surface area is 432 Å². The van der Waals surface area contributed by atoms with Crippen LogP contribution in [0.3, 0.4) is 0 Å². The summed E-state index contributed by atoms with van der Waals surface area (Å²) in [6.07, 6.45) is 15.1. The summed E-state index contributed by atoms with van der Waals surface area (Å²) in [7, 11) is -8.54. The summed E-state index contributed by atoms with van der Waals surface area (Å²) in [5.74, 6) is -1.11. The van der Waals surface area contributed by atoms with Crippen LogP contribution in [0.4, 0.5) is 22.7 Å². The topological polar surface area (TPSA) is 239 Å². The highest BCUT2D eigenvalue weighted by atomic mass is 32.2. The molecule has 0 aliphatic rings. The van der Waals surface area contributed by atoms with E-state index in [1.165, 1.54) is 30.3 Å². The number of unbranched alkanes of at least 4 members (excludes halogenated alkanes) is 2. The minimum atomic E-state index is -4.27. The van der Waals surface area contributed by atoms with E-state index in [4.69, 9.17) is 0 Å². The van der Waals surface area contributed by atoms with Crippen LogP contribution in [0, 0.1) is 13.8 Å². The van der Waals surface area contributed by atoms with Gasteiger partial charge in [0.25, 0.3) is 17.7 Å². The summed E-state index contributed by atoms with van der Waals surface area (Å²) in [5.41, 5.74) is 6.51. The Balaban J connectivity index is 0.000000376. The van der Waals surface area contributed by atoms with Gasteiger partial charge in [-0.2, -0.15) is 0 Å². The number of carbonyl (C=O) groups excluding carboxylic acids is 4. The van der Waals surface area contributed by atoms with E-state index in [2.05, 4.69) is 44.2 Å². The van der Waals surface area contributed by atoms with Gasteiger partial charge in [0.15, 0.2) is 24.8 Å². The maximum Gasteiger partial charge on any atom is 0.255 e. The summed E-state index contributed by atoms with van der Waals surface area (Å²) in [5, 5.41) is 11.5. The number of carbonyl (C=O) groups is 4. The van der Waals surface area contributed by atoms with E-state index in [9.17, 15) is 45.1 Å². The molecule has 0 unspecified atom stereocenters. The molecule has 2 aromatic heterocycles. The lowest BCUT2D eigenvalue weighted by molar-refractivity contribution is -0.696. The summed E-state index contributed by atoms with van der Waals surface area (Å²) in [6, 6.07) is 39.3. The number of hydrogen-bond acceptors (Lipinski definition) is 10. The smallest absolute Gasteiger partial charge is 0.255 e. The lowest BCUT2D eigenvalue weighted by atomic mass is 10.1. The lowest BCUT2D eigenvalue weighted by Gasteiger charge is -2.08. The third-order valence-corrected chi connectivity index (χ3v) is 12.5. The molecule has 16 nitrogen and oxygen atoms in total. The molecule has 5 aromatic carbocycles. The van der Waals surface area contributed by atoms with Crippen LogP contribution in [0.2, 0.25) is 0 Å². The highest BCUT2D eigenvalue weighted by Gasteiger charge is 2.13.